The Morgan fingerprint density at radius 2 is 1.88 bits per heavy atom. The Balaban J connectivity index is 2.04. The predicted molar refractivity (Wildman–Crippen MR) is 103 cm³/mol. The molecule has 144 valence electrons. The maximum Gasteiger partial charge on any atom is 0.359 e. The molecule has 1 aliphatic rings. The largest absolute Gasteiger partial charge is 0.448 e. The zero-order chi connectivity index (χ0) is 19.6. The van der Waals surface area contributed by atoms with Crippen LogP contribution < -0.4 is 11.1 Å². The average Bonchev–Trinajstić information content (AvgIpc) is 2.59. The van der Waals surface area contributed by atoms with Crippen molar-refractivity contribution in [3.63, 3.8) is 0 Å². The minimum atomic E-state index is -1.01. The highest BCUT2D eigenvalue weighted by molar-refractivity contribution is 6.46. The first-order valence-electron chi connectivity index (χ1n) is 8.44. The van der Waals surface area contributed by atoms with Gasteiger partial charge in [-0.3, -0.25) is 4.79 Å². The number of ether oxygens (including phenoxy) is 1. The van der Waals surface area contributed by atoms with Crippen LogP contribution >= 0.6 is 34.8 Å². The molecule has 2 rings (SSSR count). The van der Waals surface area contributed by atoms with Gasteiger partial charge in [0, 0.05) is 6.04 Å². The molecule has 26 heavy (non-hydrogen) atoms. The van der Waals surface area contributed by atoms with Gasteiger partial charge in [-0.05, 0) is 25.2 Å². The fourth-order valence-electron chi connectivity index (χ4n) is 3.02. The topological polar surface area (TPSA) is 94.3 Å². The fourth-order valence-corrected chi connectivity index (χ4v) is 3.61. The van der Waals surface area contributed by atoms with Crippen LogP contribution in [0, 0.1) is 11.8 Å². The molecular formula is C17H22Cl3N3O3. The van der Waals surface area contributed by atoms with Crippen LogP contribution in [0.3, 0.4) is 0 Å². The fraction of sp³-hybridized carbons (Fsp3) is 0.588. The zero-order valence-corrected chi connectivity index (χ0v) is 17.1. The van der Waals surface area contributed by atoms with Crippen LogP contribution in [-0.4, -0.2) is 29.0 Å². The highest BCUT2D eigenvalue weighted by Gasteiger charge is 2.31. The lowest BCUT2D eigenvalue weighted by atomic mass is 9.78. The number of hydrogen-bond acceptors (Lipinski definition) is 5. The third kappa shape index (κ3) is 4.53. The van der Waals surface area contributed by atoms with E-state index in [9.17, 15) is 9.59 Å². The van der Waals surface area contributed by atoms with Gasteiger partial charge in [0.1, 0.15) is 5.02 Å². The second kappa shape index (κ2) is 8.63. The molecule has 9 heteroatoms. The van der Waals surface area contributed by atoms with Crippen molar-refractivity contribution in [3.05, 3.63) is 20.9 Å². The smallest absolute Gasteiger partial charge is 0.359 e. The van der Waals surface area contributed by atoms with E-state index in [1.54, 1.807) is 0 Å². The van der Waals surface area contributed by atoms with Crippen LogP contribution in [-0.2, 0) is 9.53 Å². The lowest BCUT2D eigenvalue weighted by Gasteiger charge is -2.35. The van der Waals surface area contributed by atoms with Crippen molar-refractivity contribution in [2.24, 2.45) is 11.8 Å². The molecule has 1 saturated carbocycles. The van der Waals surface area contributed by atoms with Crippen molar-refractivity contribution >= 4 is 52.4 Å². The number of carbonyl (C=O) groups is 2. The summed E-state index contributed by atoms with van der Waals surface area (Å²) >= 11 is 17.6. The van der Waals surface area contributed by atoms with Crippen molar-refractivity contribution < 1.29 is 14.3 Å². The van der Waals surface area contributed by atoms with Crippen LogP contribution in [0.2, 0.25) is 15.2 Å². The highest BCUT2D eigenvalue weighted by Crippen LogP contribution is 2.34. The molecule has 4 atom stereocenters. The molecule has 0 radical (unpaired) electrons. The molecule has 6 nitrogen and oxygen atoms in total. The molecule has 0 aromatic carbocycles. The number of halogens is 3. The summed E-state index contributed by atoms with van der Waals surface area (Å²) in [7, 11) is 0. The first-order chi connectivity index (χ1) is 12.1. The monoisotopic (exact) mass is 421 g/mol. The van der Waals surface area contributed by atoms with Crippen molar-refractivity contribution in [2.75, 3.05) is 5.73 Å². The van der Waals surface area contributed by atoms with Crippen LogP contribution in [0.15, 0.2) is 0 Å². The Kier molecular flexibility index (Phi) is 6.99. The molecular weight excluding hydrogens is 401 g/mol. The molecule has 0 spiro atoms. The average molecular weight is 423 g/mol. The summed E-state index contributed by atoms with van der Waals surface area (Å²) in [5, 5.41) is 2.59. The van der Waals surface area contributed by atoms with E-state index in [1.165, 1.54) is 6.92 Å². The summed E-state index contributed by atoms with van der Waals surface area (Å²) in [5.41, 5.74) is 5.34. The lowest BCUT2D eigenvalue weighted by molar-refractivity contribution is -0.130. The number of anilines is 1. The molecule has 0 saturated heterocycles. The minimum absolute atomic E-state index is 0.0422. The molecule has 1 aromatic rings. The van der Waals surface area contributed by atoms with E-state index in [-0.39, 0.29) is 38.5 Å². The second-order valence-corrected chi connectivity index (χ2v) is 7.84. The number of rotatable bonds is 4. The molecule has 0 unspecified atom stereocenters. The zero-order valence-electron chi connectivity index (χ0n) is 14.8. The predicted octanol–water partition coefficient (Wildman–Crippen LogP) is 4.11. The standard InChI is InChI=1S/C17H22Cl3N3O3/c1-7-5-4-6-10(8(7)2)22-16(24)9(3)26-17(25)14-11(18)13(21)12(19)15(20)23-14/h7-10H,4-6H2,1-3H3,(H2,21,23)(H,22,24)/t7-,8+,9+,10-/m1/s1. The molecule has 0 bridgehead atoms. The van der Waals surface area contributed by atoms with E-state index in [0.717, 1.165) is 19.3 Å². The number of aromatic nitrogens is 1. The first kappa shape index (κ1) is 21.1. The van der Waals surface area contributed by atoms with Gasteiger partial charge in [0.05, 0.1) is 10.7 Å². The molecule has 3 N–H and O–H groups in total. The molecule has 1 fully saturated rings. The number of hydrogen-bond donors (Lipinski definition) is 2. The van der Waals surface area contributed by atoms with Crippen molar-refractivity contribution in [3.8, 4) is 0 Å². The number of esters is 1. The lowest BCUT2D eigenvalue weighted by Crippen LogP contribution is -2.47. The van der Waals surface area contributed by atoms with Gasteiger partial charge in [-0.2, -0.15) is 0 Å². The van der Waals surface area contributed by atoms with Crippen LogP contribution in [0.4, 0.5) is 5.69 Å². The second-order valence-electron chi connectivity index (χ2n) is 6.72. The third-order valence-electron chi connectivity index (χ3n) is 4.95. The molecule has 1 aromatic heterocycles. The quantitative estimate of drug-likeness (QED) is 0.562. The van der Waals surface area contributed by atoms with Gasteiger partial charge in [-0.15, -0.1) is 0 Å². The van der Waals surface area contributed by atoms with E-state index in [2.05, 4.69) is 24.1 Å². The summed E-state index contributed by atoms with van der Waals surface area (Å²) in [4.78, 5) is 28.5. The van der Waals surface area contributed by atoms with Crippen LogP contribution in [0.1, 0.15) is 50.5 Å². The Morgan fingerprint density at radius 1 is 1.23 bits per heavy atom. The summed E-state index contributed by atoms with van der Waals surface area (Å²) in [5.74, 6) is -0.364. The number of nitrogens with zero attached hydrogens (tertiary/aromatic N) is 1. The molecule has 0 aliphatic heterocycles. The van der Waals surface area contributed by atoms with Gasteiger partial charge in [-0.25, -0.2) is 9.78 Å². The maximum atomic E-state index is 12.4. The van der Waals surface area contributed by atoms with Crippen molar-refractivity contribution in [1.82, 2.24) is 10.3 Å². The summed E-state index contributed by atoms with van der Waals surface area (Å²) in [6, 6.07) is 0.0646. The van der Waals surface area contributed by atoms with Crippen LogP contribution in [0.5, 0.6) is 0 Å². The first-order valence-corrected chi connectivity index (χ1v) is 9.58. The van der Waals surface area contributed by atoms with Gasteiger partial charge in [-0.1, -0.05) is 61.5 Å². The number of carbonyl (C=O) groups excluding carboxylic acids is 2. The number of amides is 1. The Morgan fingerprint density at radius 3 is 2.54 bits per heavy atom. The van der Waals surface area contributed by atoms with Crippen LogP contribution in [0.25, 0.3) is 0 Å². The number of nitrogens with two attached hydrogens (primary N) is 1. The van der Waals surface area contributed by atoms with Gasteiger partial charge in [0.15, 0.2) is 17.0 Å². The van der Waals surface area contributed by atoms with E-state index < -0.39 is 12.1 Å². The Bertz CT molecular complexity index is 714. The van der Waals surface area contributed by atoms with Gasteiger partial charge in [0.2, 0.25) is 0 Å². The number of nitrogens with one attached hydrogen (secondary N) is 1. The molecule has 1 amide bonds. The van der Waals surface area contributed by atoms with Crippen molar-refractivity contribution in [2.45, 2.75) is 52.2 Å². The molecule has 1 heterocycles. The SMILES string of the molecule is C[C@H]1[C@H](C)CCC[C@H]1NC(=O)[C@H](C)OC(=O)c1nc(Cl)c(Cl)c(N)c1Cl. The maximum absolute atomic E-state index is 12.4. The van der Waals surface area contributed by atoms with Gasteiger partial charge in [0.25, 0.3) is 5.91 Å². The summed E-state index contributed by atoms with van der Waals surface area (Å²) in [6.07, 6.45) is 2.11. The van der Waals surface area contributed by atoms with Gasteiger partial charge >= 0.3 is 5.97 Å². The summed E-state index contributed by atoms with van der Waals surface area (Å²) < 4.78 is 5.18. The highest BCUT2D eigenvalue weighted by atomic mass is 35.5. The minimum Gasteiger partial charge on any atom is -0.448 e. The number of pyridine rings is 1. The Labute approximate surface area is 167 Å². The normalized spacial score (nSPS) is 24.0. The third-order valence-corrected chi connectivity index (χ3v) is 6.09. The van der Waals surface area contributed by atoms with E-state index in [4.69, 9.17) is 45.3 Å². The van der Waals surface area contributed by atoms with E-state index in [0.29, 0.717) is 11.8 Å². The summed E-state index contributed by atoms with van der Waals surface area (Å²) in [6.45, 7) is 5.78. The number of nitrogen functional groups attached to an aromatic ring is 1. The van der Waals surface area contributed by atoms with Crippen molar-refractivity contribution in [1.29, 1.82) is 0 Å². The Hall–Kier alpha value is -1.24. The van der Waals surface area contributed by atoms with E-state index >= 15 is 0 Å². The van der Waals surface area contributed by atoms with Gasteiger partial charge < -0.3 is 15.8 Å². The molecule has 1 aliphatic carbocycles. The van der Waals surface area contributed by atoms with E-state index in [1.807, 2.05) is 0 Å².